The van der Waals surface area contributed by atoms with Gasteiger partial charge in [-0.2, -0.15) is 0 Å². The molecule has 0 bridgehead atoms. The van der Waals surface area contributed by atoms with Gasteiger partial charge in [-0.15, -0.1) is 0 Å². The number of carbonyl (C=O) groups excluding carboxylic acids is 3. The summed E-state index contributed by atoms with van der Waals surface area (Å²) in [6.45, 7) is 1.58. The Morgan fingerprint density at radius 1 is 0.962 bits per heavy atom. The van der Waals surface area contributed by atoms with Crippen molar-refractivity contribution in [3.8, 4) is 0 Å². The predicted molar refractivity (Wildman–Crippen MR) is 98.0 cm³/mol. The van der Waals surface area contributed by atoms with Gasteiger partial charge >= 0.3 is 0 Å². The number of amides is 3. The number of rotatable bonds is 7. The van der Waals surface area contributed by atoms with Gasteiger partial charge in [0.2, 0.25) is 0 Å². The summed E-state index contributed by atoms with van der Waals surface area (Å²) in [5.74, 6) is -0.931. The molecule has 134 valence electrons. The van der Waals surface area contributed by atoms with E-state index < -0.39 is 0 Å². The first-order valence-electron chi connectivity index (χ1n) is 8.59. The summed E-state index contributed by atoms with van der Waals surface area (Å²) in [6.07, 6.45) is 0.815. The second-order valence-electron chi connectivity index (χ2n) is 6.16. The van der Waals surface area contributed by atoms with E-state index in [1.54, 1.807) is 12.1 Å². The van der Waals surface area contributed by atoms with Gasteiger partial charge in [0.15, 0.2) is 0 Å². The third-order valence-corrected chi connectivity index (χ3v) is 4.31. The Morgan fingerprint density at radius 2 is 1.69 bits per heavy atom. The summed E-state index contributed by atoms with van der Waals surface area (Å²) in [5.41, 5.74) is 1.90. The lowest BCUT2D eigenvalue weighted by molar-refractivity contribution is 0.0642. The fourth-order valence-corrected chi connectivity index (χ4v) is 2.91. The van der Waals surface area contributed by atoms with E-state index in [4.69, 9.17) is 0 Å². The molecule has 6 nitrogen and oxygen atoms in total. The maximum Gasteiger partial charge on any atom is 0.261 e. The van der Waals surface area contributed by atoms with Gasteiger partial charge in [-0.05, 0) is 43.8 Å². The summed E-state index contributed by atoms with van der Waals surface area (Å²) in [7, 11) is 1.85. The van der Waals surface area contributed by atoms with Crippen LogP contribution in [0.15, 0.2) is 48.5 Å². The van der Waals surface area contributed by atoms with Crippen LogP contribution in [-0.2, 0) is 6.54 Å². The van der Waals surface area contributed by atoms with E-state index in [0.29, 0.717) is 17.7 Å². The number of nitrogens with one attached hydrogen (secondary N) is 2. The molecule has 0 atom stereocenters. The smallest absolute Gasteiger partial charge is 0.261 e. The van der Waals surface area contributed by atoms with Crippen LogP contribution in [0.1, 0.15) is 43.1 Å². The number of hydrogen-bond donors (Lipinski definition) is 2. The number of hydrogen-bond acceptors (Lipinski definition) is 4. The average molecular weight is 351 g/mol. The van der Waals surface area contributed by atoms with Crippen molar-refractivity contribution in [2.45, 2.75) is 13.0 Å². The zero-order chi connectivity index (χ0) is 18.5. The molecule has 0 aromatic heterocycles. The zero-order valence-corrected chi connectivity index (χ0v) is 14.6. The molecular weight excluding hydrogens is 330 g/mol. The zero-order valence-electron chi connectivity index (χ0n) is 14.6. The minimum Gasteiger partial charge on any atom is -0.352 e. The third-order valence-electron chi connectivity index (χ3n) is 4.31. The summed E-state index contributed by atoms with van der Waals surface area (Å²) >= 11 is 0. The number of benzene rings is 2. The lowest BCUT2D eigenvalue weighted by Gasteiger charge is -2.13. The van der Waals surface area contributed by atoms with E-state index in [1.807, 2.05) is 37.4 Å². The van der Waals surface area contributed by atoms with E-state index >= 15 is 0 Å². The molecule has 0 unspecified atom stereocenters. The molecule has 3 rings (SSSR count). The van der Waals surface area contributed by atoms with Crippen LogP contribution in [0, 0.1) is 0 Å². The first-order chi connectivity index (χ1) is 12.6. The van der Waals surface area contributed by atoms with Gasteiger partial charge in [0.25, 0.3) is 17.7 Å². The molecule has 1 aliphatic heterocycles. The van der Waals surface area contributed by atoms with Gasteiger partial charge in [0, 0.05) is 12.1 Å². The highest BCUT2D eigenvalue weighted by atomic mass is 16.2. The second kappa shape index (κ2) is 7.93. The fraction of sp³-hybridized carbons (Fsp3) is 0.250. The fourth-order valence-electron chi connectivity index (χ4n) is 2.91. The van der Waals surface area contributed by atoms with E-state index in [1.165, 1.54) is 11.0 Å². The molecule has 6 heteroatoms. The minimum atomic E-state index is -0.362. The molecule has 0 saturated heterocycles. The Bertz CT molecular complexity index is 833. The second-order valence-corrected chi connectivity index (χ2v) is 6.16. The van der Waals surface area contributed by atoms with Crippen LogP contribution in [-0.4, -0.2) is 42.8 Å². The predicted octanol–water partition coefficient (Wildman–Crippen LogP) is 1.82. The van der Waals surface area contributed by atoms with Gasteiger partial charge in [0.05, 0.1) is 17.7 Å². The molecule has 2 aromatic carbocycles. The Kier molecular flexibility index (Phi) is 5.43. The molecule has 0 radical (unpaired) electrons. The monoisotopic (exact) mass is 351 g/mol. The highest BCUT2D eigenvalue weighted by molar-refractivity contribution is 6.22. The number of carbonyl (C=O) groups is 3. The Morgan fingerprint density at radius 3 is 2.42 bits per heavy atom. The molecular formula is C20H21N3O3. The first kappa shape index (κ1) is 17.8. The van der Waals surface area contributed by atoms with Crippen LogP contribution < -0.4 is 10.6 Å². The van der Waals surface area contributed by atoms with Crippen molar-refractivity contribution in [3.63, 3.8) is 0 Å². The number of fused-ring (bicyclic) bond motifs is 1. The van der Waals surface area contributed by atoms with Gasteiger partial charge in [-0.1, -0.05) is 30.3 Å². The molecule has 1 heterocycles. The highest BCUT2D eigenvalue weighted by Gasteiger charge is 2.35. The number of imide groups is 1. The van der Waals surface area contributed by atoms with Gasteiger partial charge < -0.3 is 10.6 Å². The van der Waals surface area contributed by atoms with Crippen LogP contribution >= 0.6 is 0 Å². The lowest BCUT2D eigenvalue weighted by atomic mass is 10.1. The Hall–Kier alpha value is -2.99. The van der Waals surface area contributed by atoms with Crippen LogP contribution in [0.2, 0.25) is 0 Å². The van der Waals surface area contributed by atoms with Gasteiger partial charge in [-0.3, -0.25) is 19.3 Å². The molecule has 0 fully saturated rings. The molecule has 2 N–H and O–H groups in total. The molecule has 0 spiro atoms. The molecule has 0 saturated carbocycles. The van der Waals surface area contributed by atoms with Crippen molar-refractivity contribution in [2.24, 2.45) is 0 Å². The van der Waals surface area contributed by atoms with E-state index in [9.17, 15) is 14.4 Å². The van der Waals surface area contributed by atoms with E-state index in [0.717, 1.165) is 18.5 Å². The van der Waals surface area contributed by atoms with Crippen molar-refractivity contribution in [1.29, 1.82) is 0 Å². The maximum atomic E-state index is 12.7. The van der Waals surface area contributed by atoms with Crippen LogP contribution in [0.25, 0.3) is 0 Å². The molecule has 3 amide bonds. The van der Waals surface area contributed by atoms with Crippen LogP contribution in [0.4, 0.5) is 0 Å². The van der Waals surface area contributed by atoms with Crippen LogP contribution in [0.3, 0.4) is 0 Å². The van der Waals surface area contributed by atoms with Crippen molar-refractivity contribution in [3.05, 3.63) is 70.8 Å². The highest BCUT2D eigenvalue weighted by Crippen LogP contribution is 2.25. The normalized spacial score (nSPS) is 13.0. The van der Waals surface area contributed by atoms with Gasteiger partial charge in [-0.25, -0.2) is 0 Å². The maximum absolute atomic E-state index is 12.7. The van der Waals surface area contributed by atoms with Crippen molar-refractivity contribution in [2.75, 3.05) is 20.1 Å². The summed E-state index contributed by atoms with van der Waals surface area (Å²) in [4.78, 5) is 38.6. The summed E-state index contributed by atoms with van der Waals surface area (Å²) < 4.78 is 0. The standard InChI is InChI=1S/C20H21N3O3/c1-21-10-5-11-22-18(24)15-8-9-16-17(12-15)20(26)23(19(16)25)13-14-6-3-2-4-7-14/h2-4,6-9,12,21H,5,10-11,13H2,1H3,(H,22,24). The average Bonchev–Trinajstić information content (AvgIpc) is 2.90. The van der Waals surface area contributed by atoms with Crippen molar-refractivity contribution < 1.29 is 14.4 Å². The van der Waals surface area contributed by atoms with Crippen LogP contribution in [0.5, 0.6) is 0 Å². The number of nitrogens with zero attached hydrogens (tertiary/aromatic N) is 1. The Labute approximate surface area is 152 Å². The summed E-state index contributed by atoms with van der Waals surface area (Å²) in [5, 5.41) is 5.82. The molecule has 26 heavy (non-hydrogen) atoms. The topological polar surface area (TPSA) is 78.5 Å². The van der Waals surface area contributed by atoms with Crippen molar-refractivity contribution in [1.82, 2.24) is 15.5 Å². The van der Waals surface area contributed by atoms with E-state index in [-0.39, 0.29) is 29.8 Å². The Balaban J connectivity index is 1.74. The molecule has 1 aliphatic rings. The first-order valence-corrected chi connectivity index (χ1v) is 8.59. The SMILES string of the molecule is CNCCCNC(=O)c1ccc2c(c1)C(=O)N(Cc1ccccc1)C2=O. The lowest BCUT2D eigenvalue weighted by Crippen LogP contribution is -2.29. The molecule has 0 aliphatic carbocycles. The quantitative estimate of drug-likeness (QED) is 0.589. The minimum absolute atomic E-state index is 0.221. The summed E-state index contributed by atoms with van der Waals surface area (Å²) in [6, 6.07) is 14.0. The van der Waals surface area contributed by atoms with Gasteiger partial charge in [0.1, 0.15) is 0 Å². The largest absolute Gasteiger partial charge is 0.352 e. The molecule has 2 aromatic rings. The van der Waals surface area contributed by atoms with E-state index in [2.05, 4.69) is 10.6 Å². The van der Waals surface area contributed by atoms with Crippen molar-refractivity contribution >= 4 is 17.7 Å². The third kappa shape index (κ3) is 3.65.